The summed E-state index contributed by atoms with van der Waals surface area (Å²) in [5, 5.41) is 4.10. The highest BCUT2D eigenvalue weighted by molar-refractivity contribution is 5.97. The van der Waals surface area contributed by atoms with Crippen LogP contribution in [0.2, 0.25) is 0 Å². The first kappa shape index (κ1) is 10.4. The highest BCUT2D eigenvalue weighted by Gasteiger charge is 2.26. The van der Waals surface area contributed by atoms with Crippen molar-refractivity contribution < 1.29 is 9.53 Å². The zero-order chi connectivity index (χ0) is 10.8. The zero-order valence-corrected chi connectivity index (χ0v) is 9.19. The molecular weight excluding hydrogens is 192 g/mol. The van der Waals surface area contributed by atoms with Crippen molar-refractivity contribution in [3.05, 3.63) is 17.5 Å². The second kappa shape index (κ2) is 4.14. The molecule has 0 amide bonds. The molecule has 1 aromatic rings. The van der Waals surface area contributed by atoms with Crippen molar-refractivity contribution in [3.63, 3.8) is 0 Å². The quantitative estimate of drug-likeness (QED) is 0.689. The van der Waals surface area contributed by atoms with E-state index in [9.17, 15) is 4.79 Å². The number of Topliss-reactive ketones (excluding diaryl/α,β-unsaturated/α-hetero) is 1. The van der Waals surface area contributed by atoms with Gasteiger partial charge in [-0.3, -0.25) is 9.48 Å². The molecule has 0 atom stereocenters. The Kier molecular flexibility index (Phi) is 2.86. The predicted molar refractivity (Wildman–Crippen MR) is 55.8 cm³/mol. The van der Waals surface area contributed by atoms with Crippen LogP contribution in [0.25, 0.3) is 0 Å². The molecule has 4 heteroatoms. The average Bonchev–Trinajstić information content (AvgIpc) is 2.59. The van der Waals surface area contributed by atoms with Gasteiger partial charge in [-0.1, -0.05) is 0 Å². The third kappa shape index (κ3) is 1.95. The largest absolute Gasteiger partial charge is 0.381 e. The number of ether oxygens (including phenoxy) is 1. The summed E-state index contributed by atoms with van der Waals surface area (Å²) in [4.78, 5) is 12.2. The average molecular weight is 208 g/mol. The second-order valence-electron chi connectivity index (χ2n) is 4.05. The molecule has 1 aromatic heterocycles. The van der Waals surface area contributed by atoms with Crippen LogP contribution in [0.15, 0.2) is 6.20 Å². The fourth-order valence-electron chi connectivity index (χ4n) is 2.05. The maximum absolute atomic E-state index is 12.2. The smallest absolute Gasteiger partial charge is 0.184 e. The van der Waals surface area contributed by atoms with Crippen molar-refractivity contribution >= 4 is 5.78 Å². The highest BCUT2D eigenvalue weighted by Crippen LogP contribution is 2.21. The summed E-state index contributed by atoms with van der Waals surface area (Å²) in [6.07, 6.45) is 3.42. The van der Waals surface area contributed by atoms with Gasteiger partial charge in [0.05, 0.1) is 6.20 Å². The normalized spacial score (nSPS) is 18.0. The number of ketones is 1. The van der Waals surface area contributed by atoms with Crippen molar-refractivity contribution in [2.24, 2.45) is 13.0 Å². The SMILES string of the molecule is Cc1cnn(C)c1C(=O)C1CCOCC1. The molecule has 0 aliphatic carbocycles. The van der Waals surface area contributed by atoms with E-state index in [0.29, 0.717) is 13.2 Å². The Bertz CT molecular complexity index is 345. The minimum atomic E-state index is 0.118. The minimum absolute atomic E-state index is 0.118. The van der Waals surface area contributed by atoms with E-state index >= 15 is 0 Å². The van der Waals surface area contributed by atoms with Gasteiger partial charge < -0.3 is 4.74 Å². The molecule has 1 aliphatic heterocycles. The molecule has 1 aliphatic rings. The summed E-state index contributed by atoms with van der Waals surface area (Å²) in [5.41, 5.74) is 1.72. The number of rotatable bonds is 2. The van der Waals surface area contributed by atoms with E-state index in [-0.39, 0.29) is 11.7 Å². The first-order valence-corrected chi connectivity index (χ1v) is 5.30. The molecule has 0 radical (unpaired) electrons. The Morgan fingerprint density at radius 2 is 2.20 bits per heavy atom. The minimum Gasteiger partial charge on any atom is -0.381 e. The van der Waals surface area contributed by atoms with E-state index in [0.717, 1.165) is 24.1 Å². The molecule has 0 N–H and O–H groups in total. The first-order valence-electron chi connectivity index (χ1n) is 5.30. The summed E-state index contributed by atoms with van der Waals surface area (Å²) in [5.74, 6) is 0.337. The van der Waals surface area contributed by atoms with E-state index in [2.05, 4.69) is 5.10 Å². The number of carbonyl (C=O) groups excluding carboxylic acids is 1. The lowest BCUT2D eigenvalue weighted by Crippen LogP contribution is -2.25. The molecule has 2 heterocycles. The van der Waals surface area contributed by atoms with E-state index < -0.39 is 0 Å². The van der Waals surface area contributed by atoms with Crippen molar-refractivity contribution in [2.75, 3.05) is 13.2 Å². The van der Waals surface area contributed by atoms with Gasteiger partial charge in [-0.25, -0.2) is 0 Å². The summed E-state index contributed by atoms with van der Waals surface area (Å²) in [7, 11) is 1.82. The summed E-state index contributed by atoms with van der Waals surface area (Å²) < 4.78 is 6.93. The standard InChI is InChI=1S/C11H16N2O2/c1-8-7-12-13(2)10(8)11(14)9-3-5-15-6-4-9/h7,9H,3-6H2,1-2H3. The Balaban J connectivity index is 2.19. The Morgan fingerprint density at radius 3 is 2.73 bits per heavy atom. The lowest BCUT2D eigenvalue weighted by Gasteiger charge is -2.20. The molecule has 15 heavy (non-hydrogen) atoms. The first-order chi connectivity index (χ1) is 7.20. The van der Waals surface area contributed by atoms with Crippen LogP contribution >= 0.6 is 0 Å². The third-order valence-corrected chi connectivity index (χ3v) is 2.95. The summed E-state index contributed by atoms with van der Waals surface area (Å²) >= 11 is 0. The maximum Gasteiger partial charge on any atom is 0.184 e. The van der Waals surface area contributed by atoms with Gasteiger partial charge >= 0.3 is 0 Å². The molecule has 0 saturated carbocycles. The van der Waals surface area contributed by atoms with Crippen LogP contribution in [0.4, 0.5) is 0 Å². The highest BCUT2D eigenvalue weighted by atomic mass is 16.5. The van der Waals surface area contributed by atoms with Crippen LogP contribution in [0.1, 0.15) is 28.9 Å². The Morgan fingerprint density at radius 1 is 1.53 bits per heavy atom. The van der Waals surface area contributed by atoms with Gasteiger partial charge in [0.25, 0.3) is 0 Å². The van der Waals surface area contributed by atoms with Crippen LogP contribution in [0.3, 0.4) is 0 Å². The number of aromatic nitrogens is 2. The van der Waals surface area contributed by atoms with Crippen LogP contribution in [0, 0.1) is 12.8 Å². The van der Waals surface area contributed by atoms with Gasteiger partial charge in [0.2, 0.25) is 0 Å². The molecule has 2 rings (SSSR count). The fourth-order valence-corrected chi connectivity index (χ4v) is 2.05. The molecule has 0 aromatic carbocycles. The van der Waals surface area contributed by atoms with E-state index in [1.807, 2.05) is 14.0 Å². The molecule has 1 fully saturated rings. The number of nitrogens with zero attached hydrogens (tertiary/aromatic N) is 2. The topological polar surface area (TPSA) is 44.1 Å². The van der Waals surface area contributed by atoms with Gasteiger partial charge in [-0.2, -0.15) is 5.10 Å². The van der Waals surface area contributed by atoms with Crippen molar-refractivity contribution in [1.82, 2.24) is 9.78 Å². The number of carbonyl (C=O) groups is 1. The Hall–Kier alpha value is -1.16. The second-order valence-corrected chi connectivity index (χ2v) is 4.05. The van der Waals surface area contributed by atoms with Crippen molar-refractivity contribution in [2.45, 2.75) is 19.8 Å². The van der Waals surface area contributed by atoms with Gasteiger partial charge in [-0.15, -0.1) is 0 Å². The van der Waals surface area contributed by atoms with Gasteiger partial charge in [0.1, 0.15) is 5.69 Å². The molecule has 0 bridgehead atoms. The number of hydrogen-bond donors (Lipinski definition) is 0. The maximum atomic E-state index is 12.2. The van der Waals surface area contributed by atoms with Crippen LogP contribution in [-0.4, -0.2) is 28.8 Å². The number of hydrogen-bond acceptors (Lipinski definition) is 3. The zero-order valence-electron chi connectivity index (χ0n) is 9.19. The van der Waals surface area contributed by atoms with Crippen molar-refractivity contribution in [1.29, 1.82) is 0 Å². The van der Waals surface area contributed by atoms with Crippen LogP contribution in [0.5, 0.6) is 0 Å². The van der Waals surface area contributed by atoms with Gasteiger partial charge in [-0.05, 0) is 25.3 Å². The summed E-state index contributed by atoms with van der Waals surface area (Å²) in [6.45, 7) is 3.33. The third-order valence-electron chi connectivity index (χ3n) is 2.95. The van der Waals surface area contributed by atoms with Crippen molar-refractivity contribution in [3.8, 4) is 0 Å². The lowest BCUT2D eigenvalue weighted by molar-refractivity contribution is 0.0538. The summed E-state index contributed by atoms with van der Waals surface area (Å²) in [6, 6.07) is 0. The molecule has 4 nitrogen and oxygen atoms in total. The van der Waals surface area contributed by atoms with E-state index in [1.54, 1.807) is 10.9 Å². The molecule has 1 saturated heterocycles. The predicted octanol–water partition coefficient (Wildman–Crippen LogP) is 1.34. The lowest BCUT2D eigenvalue weighted by atomic mass is 9.92. The van der Waals surface area contributed by atoms with E-state index in [1.165, 1.54) is 0 Å². The van der Waals surface area contributed by atoms with Crippen LogP contribution in [-0.2, 0) is 11.8 Å². The monoisotopic (exact) mass is 208 g/mol. The molecule has 82 valence electrons. The number of aryl methyl sites for hydroxylation is 2. The molecular formula is C11H16N2O2. The van der Waals surface area contributed by atoms with E-state index in [4.69, 9.17) is 4.74 Å². The Labute approximate surface area is 89.2 Å². The van der Waals surface area contributed by atoms with Crippen LogP contribution < -0.4 is 0 Å². The fraction of sp³-hybridized carbons (Fsp3) is 0.636. The van der Waals surface area contributed by atoms with Gasteiger partial charge in [0, 0.05) is 26.2 Å². The molecule has 0 spiro atoms. The molecule has 0 unspecified atom stereocenters. The van der Waals surface area contributed by atoms with Gasteiger partial charge in [0.15, 0.2) is 5.78 Å².